The van der Waals surface area contributed by atoms with E-state index in [9.17, 15) is 13.2 Å². The molecule has 0 rings (SSSR count). The summed E-state index contributed by atoms with van der Waals surface area (Å²) in [7, 11) is -3.58. The van der Waals surface area contributed by atoms with Crippen LogP contribution in [0.3, 0.4) is 0 Å². The highest BCUT2D eigenvalue weighted by Gasteiger charge is 2.13. The Hall–Kier alpha value is -0.920. The molecule has 0 aromatic rings. The smallest absolute Gasteiger partial charge is 0.321 e. The Morgan fingerprint density at radius 3 is 2.58 bits per heavy atom. The van der Waals surface area contributed by atoms with Crippen LogP contribution in [0.1, 0.15) is 0 Å². The van der Waals surface area contributed by atoms with E-state index in [1.807, 2.05) is 4.72 Å². The van der Waals surface area contributed by atoms with E-state index < -0.39 is 22.0 Å². The molecular formula is C5H10N2O4S. The Balaban J connectivity index is 4.01. The van der Waals surface area contributed by atoms with Gasteiger partial charge < -0.3 is 10.8 Å². The minimum atomic E-state index is -3.58. The Labute approximate surface area is 70.1 Å². The zero-order valence-corrected chi connectivity index (χ0v) is 7.04. The number of carboxylic acid groups (broad SMARTS) is 1. The van der Waals surface area contributed by atoms with Crippen LogP contribution in [0.25, 0.3) is 0 Å². The molecule has 0 fully saturated rings. The van der Waals surface area contributed by atoms with Crippen molar-refractivity contribution in [1.29, 1.82) is 0 Å². The van der Waals surface area contributed by atoms with Crippen molar-refractivity contribution < 1.29 is 18.3 Å². The second kappa shape index (κ2) is 4.19. The van der Waals surface area contributed by atoms with Gasteiger partial charge in [-0.25, -0.2) is 13.1 Å². The highest BCUT2D eigenvalue weighted by atomic mass is 32.2. The van der Waals surface area contributed by atoms with Crippen LogP contribution >= 0.6 is 0 Å². The van der Waals surface area contributed by atoms with Gasteiger partial charge in [-0.05, 0) is 0 Å². The number of rotatable bonds is 5. The van der Waals surface area contributed by atoms with Crippen molar-refractivity contribution in [2.24, 2.45) is 5.73 Å². The average molecular weight is 194 g/mol. The highest BCUT2D eigenvalue weighted by molar-refractivity contribution is 7.92. The molecule has 0 amide bonds. The SMILES string of the molecule is C=CS(=O)(=O)NCC(N)C(=O)O. The van der Waals surface area contributed by atoms with E-state index in [0.29, 0.717) is 5.41 Å². The Kier molecular flexibility index (Phi) is 3.87. The van der Waals surface area contributed by atoms with Crippen LogP contribution in [-0.4, -0.2) is 32.1 Å². The number of carboxylic acids is 1. The fraction of sp³-hybridized carbons (Fsp3) is 0.400. The number of hydrogen-bond acceptors (Lipinski definition) is 4. The summed E-state index contributed by atoms with van der Waals surface area (Å²) >= 11 is 0. The van der Waals surface area contributed by atoms with E-state index in [1.165, 1.54) is 0 Å². The lowest BCUT2D eigenvalue weighted by Gasteiger charge is -2.05. The lowest BCUT2D eigenvalue weighted by atomic mass is 10.3. The van der Waals surface area contributed by atoms with Gasteiger partial charge in [0.2, 0.25) is 10.0 Å². The first-order valence-corrected chi connectivity index (χ1v) is 4.54. The van der Waals surface area contributed by atoms with Crippen molar-refractivity contribution in [3.63, 3.8) is 0 Å². The number of hydrogen-bond donors (Lipinski definition) is 3. The van der Waals surface area contributed by atoms with Crippen molar-refractivity contribution in [3.05, 3.63) is 12.0 Å². The maximum Gasteiger partial charge on any atom is 0.321 e. The largest absolute Gasteiger partial charge is 0.480 e. The van der Waals surface area contributed by atoms with Crippen LogP contribution in [0.4, 0.5) is 0 Å². The molecule has 6 nitrogen and oxygen atoms in total. The first kappa shape index (κ1) is 11.1. The summed E-state index contributed by atoms with van der Waals surface area (Å²) in [4.78, 5) is 10.1. The monoisotopic (exact) mass is 194 g/mol. The molecule has 12 heavy (non-hydrogen) atoms. The molecule has 0 aliphatic carbocycles. The van der Waals surface area contributed by atoms with Gasteiger partial charge in [0.05, 0.1) is 0 Å². The predicted octanol–water partition coefficient (Wildman–Crippen LogP) is -1.54. The molecule has 0 aromatic heterocycles. The van der Waals surface area contributed by atoms with Gasteiger partial charge in [0.1, 0.15) is 6.04 Å². The quantitative estimate of drug-likeness (QED) is 0.491. The standard InChI is InChI=1S/C5H10N2O4S/c1-2-12(10,11)7-3-4(6)5(8)9/h2,4,7H,1,3,6H2,(H,8,9). The summed E-state index contributed by atoms with van der Waals surface area (Å²) in [5, 5.41) is 8.95. The van der Waals surface area contributed by atoms with Gasteiger partial charge in [-0.1, -0.05) is 6.58 Å². The van der Waals surface area contributed by atoms with Crippen LogP contribution in [-0.2, 0) is 14.8 Å². The van der Waals surface area contributed by atoms with Gasteiger partial charge in [-0.2, -0.15) is 0 Å². The first-order valence-electron chi connectivity index (χ1n) is 2.99. The number of nitrogens with one attached hydrogen (secondary N) is 1. The maximum atomic E-state index is 10.6. The molecule has 7 heteroatoms. The molecule has 0 heterocycles. The molecule has 0 radical (unpaired) electrons. The zero-order valence-electron chi connectivity index (χ0n) is 6.23. The van der Waals surface area contributed by atoms with E-state index >= 15 is 0 Å². The molecule has 4 N–H and O–H groups in total. The van der Waals surface area contributed by atoms with Crippen LogP contribution in [0.2, 0.25) is 0 Å². The maximum absolute atomic E-state index is 10.6. The molecule has 0 bridgehead atoms. The molecule has 1 atom stereocenters. The molecular weight excluding hydrogens is 184 g/mol. The summed E-state index contributed by atoms with van der Waals surface area (Å²) in [5.41, 5.74) is 5.02. The third-order valence-electron chi connectivity index (χ3n) is 1.04. The van der Waals surface area contributed by atoms with Crippen LogP contribution in [0.15, 0.2) is 12.0 Å². The van der Waals surface area contributed by atoms with Gasteiger partial charge >= 0.3 is 5.97 Å². The first-order chi connectivity index (χ1) is 5.39. The van der Waals surface area contributed by atoms with Crippen LogP contribution in [0.5, 0.6) is 0 Å². The normalized spacial score (nSPS) is 13.8. The summed E-state index contributed by atoms with van der Waals surface area (Å²) in [6.45, 7) is 2.67. The van der Waals surface area contributed by atoms with Crippen molar-refractivity contribution >= 4 is 16.0 Å². The van der Waals surface area contributed by atoms with Crippen molar-refractivity contribution in [3.8, 4) is 0 Å². The van der Waals surface area contributed by atoms with Gasteiger partial charge in [-0.3, -0.25) is 4.79 Å². The number of nitrogens with two attached hydrogens (primary N) is 1. The van der Waals surface area contributed by atoms with Gasteiger partial charge in [0, 0.05) is 12.0 Å². The molecule has 0 spiro atoms. The van der Waals surface area contributed by atoms with Crippen molar-refractivity contribution in [2.45, 2.75) is 6.04 Å². The minimum Gasteiger partial charge on any atom is -0.480 e. The van der Waals surface area contributed by atoms with E-state index in [-0.39, 0.29) is 6.54 Å². The van der Waals surface area contributed by atoms with Crippen LogP contribution < -0.4 is 10.5 Å². The molecule has 70 valence electrons. The van der Waals surface area contributed by atoms with E-state index in [0.717, 1.165) is 0 Å². The Morgan fingerprint density at radius 2 is 2.25 bits per heavy atom. The lowest BCUT2D eigenvalue weighted by Crippen LogP contribution is -2.41. The van der Waals surface area contributed by atoms with Crippen molar-refractivity contribution in [2.75, 3.05) is 6.54 Å². The van der Waals surface area contributed by atoms with E-state index in [2.05, 4.69) is 6.58 Å². The third kappa shape index (κ3) is 4.06. The van der Waals surface area contributed by atoms with Crippen LogP contribution in [0, 0.1) is 0 Å². The average Bonchev–Trinajstić information content (AvgIpc) is 2.00. The molecule has 1 unspecified atom stereocenters. The number of aliphatic carboxylic acids is 1. The van der Waals surface area contributed by atoms with E-state index in [1.54, 1.807) is 0 Å². The molecule has 0 aliphatic heterocycles. The fourth-order valence-corrected chi connectivity index (χ4v) is 0.882. The minimum absolute atomic E-state index is 0.344. The van der Waals surface area contributed by atoms with Gasteiger partial charge in [-0.15, -0.1) is 0 Å². The second-order valence-corrected chi connectivity index (χ2v) is 3.72. The highest BCUT2D eigenvalue weighted by Crippen LogP contribution is 1.84. The van der Waals surface area contributed by atoms with Gasteiger partial charge in [0.15, 0.2) is 0 Å². The van der Waals surface area contributed by atoms with E-state index in [4.69, 9.17) is 10.8 Å². The zero-order chi connectivity index (χ0) is 9.78. The summed E-state index contributed by atoms with van der Waals surface area (Å²) in [6.07, 6.45) is 0. The Bertz CT molecular complexity index is 271. The summed E-state index contributed by atoms with van der Waals surface area (Å²) in [5.74, 6) is -1.26. The van der Waals surface area contributed by atoms with Crippen molar-refractivity contribution in [1.82, 2.24) is 4.72 Å². The fourth-order valence-electron chi connectivity index (χ4n) is 0.352. The topological polar surface area (TPSA) is 109 Å². The lowest BCUT2D eigenvalue weighted by molar-refractivity contribution is -0.138. The molecule has 0 aliphatic rings. The number of carbonyl (C=O) groups is 1. The molecule has 0 saturated heterocycles. The molecule has 0 saturated carbocycles. The third-order valence-corrected chi connectivity index (χ3v) is 2.05. The molecule has 0 aromatic carbocycles. The summed E-state index contributed by atoms with van der Waals surface area (Å²) in [6, 6.07) is -1.24. The Morgan fingerprint density at radius 1 is 1.75 bits per heavy atom. The summed E-state index contributed by atoms with van der Waals surface area (Å²) < 4.78 is 23.2. The number of sulfonamides is 1. The van der Waals surface area contributed by atoms with Gasteiger partial charge in [0.25, 0.3) is 0 Å². The second-order valence-electron chi connectivity index (χ2n) is 2.00. The predicted molar refractivity (Wildman–Crippen MR) is 42.7 cm³/mol.